The normalized spacial score (nSPS) is 12.7. The Labute approximate surface area is 374 Å². The van der Waals surface area contributed by atoms with Gasteiger partial charge in [-0.05, 0) is 51.4 Å². The van der Waals surface area contributed by atoms with Crippen molar-refractivity contribution in [1.82, 2.24) is 5.32 Å². The lowest BCUT2D eigenvalue weighted by molar-refractivity contribution is -0.143. The number of carbonyl (C=O) groups excluding carboxylic acids is 2. The number of hydrogen-bond acceptors (Lipinski definition) is 5. The van der Waals surface area contributed by atoms with E-state index in [0.717, 1.165) is 44.9 Å². The molecule has 0 aliphatic carbocycles. The summed E-state index contributed by atoms with van der Waals surface area (Å²) in [6.07, 6.45) is 57.6. The molecule has 0 aliphatic heterocycles. The molecule has 0 aromatic carbocycles. The number of hydrogen-bond donors (Lipinski definition) is 3. The Hall–Kier alpha value is -1.40. The monoisotopic (exact) mass is 848 g/mol. The highest BCUT2D eigenvalue weighted by molar-refractivity contribution is 5.76. The molecule has 0 aliphatic rings. The fourth-order valence-corrected chi connectivity index (χ4v) is 8.40. The molecule has 0 radical (unpaired) electrons. The number of aliphatic hydroxyl groups is 2. The average molecular weight is 848 g/mol. The smallest absolute Gasteiger partial charge is 0.305 e. The summed E-state index contributed by atoms with van der Waals surface area (Å²) in [5.41, 5.74) is 0. The molecule has 60 heavy (non-hydrogen) atoms. The fourth-order valence-electron chi connectivity index (χ4n) is 8.40. The Morgan fingerprint density at radius 2 is 0.783 bits per heavy atom. The minimum absolute atomic E-state index is 0.00110. The van der Waals surface area contributed by atoms with Gasteiger partial charge in [-0.2, -0.15) is 0 Å². The van der Waals surface area contributed by atoms with Gasteiger partial charge in [-0.3, -0.25) is 9.59 Å². The van der Waals surface area contributed by atoms with E-state index >= 15 is 0 Å². The molecular weight excluding hydrogens is 743 g/mol. The van der Waals surface area contributed by atoms with Gasteiger partial charge in [-0.15, -0.1) is 0 Å². The molecular formula is C54H105NO5. The summed E-state index contributed by atoms with van der Waals surface area (Å²) in [5.74, 6) is -0.0406. The van der Waals surface area contributed by atoms with Gasteiger partial charge >= 0.3 is 5.97 Å². The van der Waals surface area contributed by atoms with Gasteiger partial charge in [0.15, 0.2) is 0 Å². The average Bonchev–Trinajstić information content (AvgIpc) is 3.25. The quantitative estimate of drug-likeness (QED) is 0.0322. The van der Waals surface area contributed by atoms with E-state index in [0.29, 0.717) is 25.9 Å². The van der Waals surface area contributed by atoms with Gasteiger partial charge in [-0.25, -0.2) is 0 Å². The maximum atomic E-state index is 12.4. The van der Waals surface area contributed by atoms with Crippen LogP contribution in [0.4, 0.5) is 0 Å². The van der Waals surface area contributed by atoms with Crippen LogP contribution in [0.15, 0.2) is 12.2 Å². The Morgan fingerprint density at radius 1 is 0.450 bits per heavy atom. The molecule has 0 aromatic heterocycles. The standard InChI is InChI=1S/C54H105NO5/c1-3-5-7-9-11-13-15-16-24-28-32-36-40-44-48-54(59)60-49-45-41-37-33-29-25-22-20-18-17-19-21-23-27-31-35-39-43-47-53(58)55-51(50-56)52(57)46-42-38-34-30-26-14-12-10-8-6-4-2/h15-16,51-52,56-57H,3-14,17-50H2,1-2H3,(H,55,58)/b16-15-. The van der Waals surface area contributed by atoms with E-state index in [9.17, 15) is 19.8 Å². The molecule has 6 heteroatoms. The molecule has 0 saturated heterocycles. The second-order valence-electron chi connectivity index (χ2n) is 18.6. The lowest BCUT2D eigenvalue weighted by atomic mass is 10.0. The minimum atomic E-state index is -0.665. The fraction of sp³-hybridized carbons (Fsp3) is 0.926. The number of allylic oxidation sites excluding steroid dienone is 2. The molecule has 2 atom stereocenters. The first kappa shape index (κ1) is 58.6. The van der Waals surface area contributed by atoms with Crippen LogP contribution in [0.2, 0.25) is 0 Å². The van der Waals surface area contributed by atoms with Crippen LogP contribution < -0.4 is 5.32 Å². The zero-order valence-electron chi connectivity index (χ0n) is 40.5. The second kappa shape index (κ2) is 50.2. The van der Waals surface area contributed by atoms with Crippen LogP contribution in [0, 0.1) is 0 Å². The Bertz CT molecular complexity index is 893. The molecule has 0 bridgehead atoms. The third-order valence-electron chi connectivity index (χ3n) is 12.6. The number of rotatable bonds is 50. The van der Waals surface area contributed by atoms with Crippen molar-refractivity contribution in [2.24, 2.45) is 0 Å². The van der Waals surface area contributed by atoms with Crippen LogP contribution in [-0.2, 0) is 14.3 Å². The SMILES string of the molecule is CCCCCCC/C=C\CCCCCCCC(=O)OCCCCCCCCCCCCCCCCCCCCC(=O)NC(CO)C(O)CCCCCCCCCCCCC. The van der Waals surface area contributed by atoms with E-state index in [1.165, 1.54) is 218 Å². The third kappa shape index (κ3) is 46.1. The third-order valence-corrected chi connectivity index (χ3v) is 12.6. The summed E-state index contributed by atoms with van der Waals surface area (Å²) in [4.78, 5) is 24.4. The van der Waals surface area contributed by atoms with E-state index in [1.54, 1.807) is 0 Å². The van der Waals surface area contributed by atoms with Gasteiger partial charge < -0.3 is 20.3 Å². The number of ether oxygens (including phenoxy) is 1. The molecule has 1 amide bonds. The molecule has 3 N–H and O–H groups in total. The van der Waals surface area contributed by atoms with Gasteiger partial charge in [-0.1, -0.05) is 244 Å². The predicted octanol–water partition coefficient (Wildman–Crippen LogP) is 16.1. The first-order chi connectivity index (χ1) is 29.5. The Morgan fingerprint density at radius 3 is 1.18 bits per heavy atom. The Kier molecular flexibility index (Phi) is 49.1. The van der Waals surface area contributed by atoms with Gasteiger partial charge in [0.1, 0.15) is 0 Å². The lowest BCUT2D eigenvalue weighted by Crippen LogP contribution is -2.45. The van der Waals surface area contributed by atoms with Crippen molar-refractivity contribution in [2.75, 3.05) is 13.2 Å². The number of carbonyl (C=O) groups is 2. The molecule has 0 aromatic rings. The predicted molar refractivity (Wildman–Crippen MR) is 260 cm³/mol. The minimum Gasteiger partial charge on any atom is -0.466 e. The van der Waals surface area contributed by atoms with Crippen molar-refractivity contribution < 1.29 is 24.5 Å². The molecule has 356 valence electrons. The van der Waals surface area contributed by atoms with Crippen LogP contribution in [0.5, 0.6) is 0 Å². The number of esters is 1. The summed E-state index contributed by atoms with van der Waals surface area (Å²) in [6.45, 7) is 4.93. The molecule has 0 rings (SSSR count). The van der Waals surface area contributed by atoms with Crippen LogP contribution in [0.25, 0.3) is 0 Å². The number of amides is 1. The molecule has 0 saturated carbocycles. The molecule has 6 nitrogen and oxygen atoms in total. The van der Waals surface area contributed by atoms with Gasteiger partial charge in [0.25, 0.3) is 0 Å². The maximum Gasteiger partial charge on any atom is 0.305 e. The van der Waals surface area contributed by atoms with Crippen molar-refractivity contribution in [3.63, 3.8) is 0 Å². The summed E-state index contributed by atoms with van der Waals surface area (Å²) in [6, 6.07) is -0.542. The molecule has 0 fully saturated rings. The van der Waals surface area contributed by atoms with Crippen LogP contribution >= 0.6 is 0 Å². The largest absolute Gasteiger partial charge is 0.466 e. The second-order valence-corrected chi connectivity index (χ2v) is 18.6. The highest BCUT2D eigenvalue weighted by atomic mass is 16.5. The van der Waals surface area contributed by atoms with Crippen molar-refractivity contribution in [1.29, 1.82) is 0 Å². The summed E-state index contributed by atoms with van der Waals surface area (Å²) < 4.78 is 5.47. The van der Waals surface area contributed by atoms with Gasteiger partial charge in [0, 0.05) is 12.8 Å². The molecule has 2 unspecified atom stereocenters. The zero-order valence-corrected chi connectivity index (χ0v) is 40.5. The highest BCUT2D eigenvalue weighted by Crippen LogP contribution is 2.17. The van der Waals surface area contributed by atoms with Gasteiger partial charge in [0.05, 0.1) is 25.4 Å². The van der Waals surface area contributed by atoms with Crippen molar-refractivity contribution in [3.05, 3.63) is 12.2 Å². The summed E-state index contributed by atoms with van der Waals surface area (Å²) >= 11 is 0. The summed E-state index contributed by atoms with van der Waals surface area (Å²) in [5, 5.41) is 23.1. The van der Waals surface area contributed by atoms with Crippen LogP contribution in [-0.4, -0.2) is 47.4 Å². The first-order valence-corrected chi connectivity index (χ1v) is 26.9. The highest BCUT2D eigenvalue weighted by Gasteiger charge is 2.20. The number of unbranched alkanes of at least 4 members (excludes halogenated alkanes) is 37. The summed E-state index contributed by atoms with van der Waals surface area (Å²) in [7, 11) is 0. The topological polar surface area (TPSA) is 95.9 Å². The Balaban J connectivity index is 3.39. The first-order valence-electron chi connectivity index (χ1n) is 26.9. The molecule has 0 heterocycles. The molecule has 0 spiro atoms. The number of nitrogens with one attached hydrogen (secondary N) is 1. The van der Waals surface area contributed by atoms with Crippen molar-refractivity contribution in [3.8, 4) is 0 Å². The van der Waals surface area contributed by atoms with E-state index in [-0.39, 0.29) is 18.5 Å². The maximum absolute atomic E-state index is 12.4. The van der Waals surface area contributed by atoms with E-state index < -0.39 is 12.1 Å². The van der Waals surface area contributed by atoms with Crippen molar-refractivity contribution >= 4 is 11.9 Å². The van der Waals surface area contributed by atoms with Crippen LogP contribution in [0.1, 0.15) is 296 Å². The van der Waals surface area contributed by atoms with Crippen LogP contribution in [0.3, 0.4) is 0 Å². The van der Waals surface area contributed by atoms with E-state index in [1.807, 2.05) is 0 Å². The van der Waals surface area contributed by atoms with Gasteiger partial charge in [0.2, 0.25) is 5.91 Å². The lowest BCUT2D eigenvalue weighted by Gasteiger charge is -2.22. The number of aliphatic hydroxyl groups excluding tert-OH is 2. The van der Waals surface area contributed by atoms with E-state index in [2.05, 4.69) is 31.3 Å². The van der Waals surface area contributed by atoms with E-state index in [4.69, 9.17) is 4.74 Å². The van der Waals surface area contributed by atoms with Crippen molar-refractivity contribution in [2.45, 2.75) is 309 Å². The zero-order chi connectivity index (χ0) is 43.7.